The molecule has 0 aliphatic rings. The van der Waals surface area contributed by atoms with Gasteiger partial charge >= 0.3 is 0 Å². The lowest BCUT2D eigenvalue weighted by atomic mass is 9.92. The third-order valence-electron chi connectivity index (χ3n) is 2.57. The molecule has 0 spiro atoms. The summed E-state index contributed by atoms with van der Waals surface area (Å²) in [4.78, 5) is 0. The Balaban J connectivity index is 2.81. The molecule has 0 aromatic heterocycles. The second kappa shape index (κ2) is 5.56. The molecule has 1 atom stereocenters. The van der Waals surface area contributed by atoms with E-state index in [1.54, 1.807) is 20.5 Å². The van der Waals surface area contributed by atoms with Crippen molar-refractivity contribution in [2.45, 2.75) is 18.9 Å². The normalized spacial score (nSPS) is 15.1. The quantitative estimate of drug-likeness (QED) is 0.689. The van der Waals surface area contributed by atoms with Gasteiger partial charge in [-0.05, 0) is 18.6 Å². The molecule has 0 N–H and O–H groups in total. The van der Waals surface area contributed by atoms with Crippen LogP contribution in [0.2, 0.25) is 0 Å². The molecular weight excluding hydrogens is 188 g/mol. The molecule has 15 heavy (non-hydrogen) atoms. The van der Waals surface area contributed by atoms with Gasteiger partial charge < -0.3 is 9.47 Å². The van der Waals surface area contributed by atoms with E-state index in [9.17, 15) is 0 Å². The monoisotopic (exact) mass is 206 g/mol. The summed E-state index contributed by atoms with van der Waals surface area (Å²) < 4.78 is 10.4. The molecule has 0 fully saturated rings. The summed E-state index contributed by atoms with van der Waals surface area (Å²) in [6.07, 6.45) is 4.44. The summed E-state index contributed by atoms with van der Waals surface area (Å²) in [5.41, 5.74) is 0.893. The lowest BCUT2D eigenvalue weighted by molar-refractivity contribution is 0.00414. The van der Waals surface area contributed by atoms with Crippen LogP contribution in [0.15, 0.2) is 42.7 Å². The molecule has 1 aromatic carbocycles. The molecule has 0 amide bonds. The van der Waals surface area contributed by atoms with Gasteiger partial charge in [0.05, 0.1) is 19.0 Å². The van der Waals surface area contributed by atoms with Crippen LogP contribution in [0.3, 0.4) is 0 Å². The minimum absolute atomic E-state index is 0.281. The number of ether oxygens (including phenoxy) is 2. The Morgan fingerprint density at radius 2 is 1.87 bits per heavy atom. The predicted molar refractivity (Wildman–Crippen MR) is 61.6 cm³/mol. The fraction of sp³-hybridized carbons (Fsp3) is 0.385. The maximum atomic E-state index is 5.56. The molecule has 2 nitrogen and oxygen atoms in total. The van der Waals surface area contributed by atoms with Gasteiger partial charge in [-0.1, -0.05) is 30.3 Å². The molecule has 2 heteroatoms. The lowest BCUT2D eigenvalue weighted by Crippen LogP contribution is -2.23. The number of hydrogen-bond donors (Lipinski definition) is 0. The summed E-state index contributed by atoms with van der Waals surface area (Å²) in [6, 6.07) is 10.2. The van der Waals surface area contributed by atoms with Crippen LogP contribution in [0.1, 0.15) is 18.9 Å². The fourth-order valence-electron chi connectivity index (χ4n) is 1.48. The highest BCUT2D eigenvalue weighted by atomic mass is 16.5. The molecule has 0 saturated carbocycles. The Labute approximate surface area is 91.5 Å². The first-order valence-corrected chi connectivity index (χ1v) is 5.01. The average Bonchev–Trinajstić information content (AvgIpc) is 2.30. The minimum atomic E-state index is -0.281. The van der Waals surface area contributed by atoms with Crippen LogP contribution in [0.25, 0.3) is 0 Å². The van der Waals surface area contributed by atoms with Crippen molar-refractivity contribution in [1.82, 2.24) is 0 Å². The van der Waals surface area contributed by atoms with Crippen LogP contribution in [0, 0.1) is 0 Å². The van der Waals surface area contributed by atoms with Gasteiger partial charge in [-0.15, -0.1) is 0 Å². The van der Waals surface area contributed by atoms with E-state index in [1.807, 2.05) is 24.3 Å². The van der Waals surface area contributed by atoms with Crippen LogP contribution < -0.4 is 0 Å². The molecule has 82 valence electrons. The highest BCUT2D eigenvalue weighted by Crippen LogP contribution is 2.28. The minimum Gasteiger partial charge on any atom is -0.505 e. The van der Waals surface area contributed by atoms with E-state index in [0.717, 1.165) is 6.42 Å². The maximum absolute atomic E-state index is 5.56. The number of methoxy groups -OCH3 is 2. The Hall–Kier alpha value is -1.28. The first-order chi connectivity index (χ1) is 7.23. The van der Waals surface area contributed by atoms with E-state index in [4.69, 9.17) is 9.47 Å². The van der Waals surface area contributed by atoms with E-state index < -0.39 is 0 Å². The summed E-state index contributed by atoms with van der Waals surface area (Å²) in [5, 5.41) is 0. The Morgan fingerprint density at radius 1 is 1.20 bits per heavy atom. The highest BCUT2D eigenvalue weighted by molar-refractivity contribution is 5.22. The SMILES string of the molecule is CO/C=C/CC(C)(OC)c1ccccc1. The van der Waals surface area contributed by atoms with E-state index in [-0.39, 0.29) is 5.60 Å². The van der Waals surface area contributed by atoms with Gasteiger partial charge in [0.15, 0.2) is 0 Å². The van der Waals surface area contributed by atoms with Crippen molar-refractivity contribution in [2.24, 2.45) is 0 Å². The zero-order chi connectivity index (χ0) is 11.1. The van der Waals surface area contributed by atoms with Crippen LogP contribution in [0.4, 0.5) is 0 Å². The van der Waals surface area contributed by atoms with Gasteiger partial charge in [0.2, 0.25) is 0 Å². The zero-order valence-corrected chi connectivity index (χ0v) is 9.57. The highest BCUT2D eigenvalue weighted by Gasteiger charge is 2.24. The van der Waals surface area contributed by atoms with Gasteiger partial charge in [0, 0.05) is 13.5 Å². The van der Waals surface area contributed by atoms with Crippen molar-refractivity contribution in [3.8, 4) is 0 Å². The van der Waals surface area contributed by atoms with Crippen LogP contribution >= 0.6 is 0 Å². The number of hydrogen-bond acceptors (Lipinski definition) is 2. The predicted octanol–water partition coefficient (Wildman–Crippen LogP) is 3.10. The Kier molecular flexibility index (Phi) is 4.37. The number of rotatable bonds is 5. The molecule has 1 aromatic rings. The Morgan fingerprint density at radius 3 is 2.40 bits per heavy atom. The topological polar surface area (TPSA) is 18.5 Å². The molecule has 1 unspecified atom stereocenters. The third-order valence-corrected chi connectivity index (χ3v) is 2.57. The van der Waals surface area contributed by atoms with Crippen LogP contribution in [-0.4, -0.2) is 14.2 Å². The molecule has 0 aliphatic carbocycles. The molecule has 1 rings (SSSR count). The standard InChI is InChI=1S/C13H18O2/c1-13(15-3,10-7-11-14-2)12-8-5-4-6-9-12/h4-9,11H,10H2,1-3H3/b11-7+. The second-order valence-electron chi connectivity index (χ2n) is 3.61. The average molecular weight is 206 g/mol. The third kappa shape index (κ3) is 3.10. The zero-order valence-electron chi connectivity index (χ0n) is 9.57. The van der Waals surface area contributed by atoms with Gasteiger partial charge in [-0.2, -0.15) is 0 Å². The van der Waals surface area contributed by atoms with Crippen molar-refractivity contribution in [3.05, 3.63) is 48.2 Å². The molecule has 0 heterocycles. The maximum Gasteiger partial charge on any atom is 0.0935 e. The summed E-state index contributed by atoms with van der Waals surface area (Å²) in [5.74, 6) is 0. The molecule has 0 bridgehead atoms. The number of benzene rings is 1. The van der Waals surface area contributed by atoms with Crippen LogP contribution in [0.5, 0.6) is 0 Å². The van der Waals surface area contributed by atoms with Crippen molar-refractivity contribution < 1.29 is 9.47 Å². The molecule has 0 saturated heterocycles. The molecular formula is C13H18O2. The Bertz CT molecular complexity index is 306. The van der Waals surface area contributed by atoms with Crippen LogP contribution in [-0.2, 0) is 15.1 Å². The first kappa shape index (κ1) is 11.8. The molecule has 0 radical (unpaired) electrons. The summed E-state index contributed by atoms with van der Waals surface area (Å²) in [6.45, 7) is 2.07. The van der Waals surface area contributed by atoms with E-state index >= 15 is 0 Å². The smallest absolute Gasteiger partial charge is 0.0935 e. The van der Waals surface area contributed by atoms with Crippen molar-refractivity contribution in [2.75, 3.05) is 14.2 Å². The summed E-state index contributed by atoms with van der Waals surface area (Å²) in [7, 11) is 3.37. The van der Waals surface area contributed by atoms with E-state index in [2.05, 4.69) is 19.1 Å². The molecule has 0 aliphatic heterocycles. The van der Waals surface area contributed by atoms with Gasteiger partial charge in [-0.25, -0.2) is 0 Å². The summed E-state index contributed by atoms with van der Waals surface area (Å²) >= 11 is 0. The van der Waals surface area contributed by atoms with E-state index in [1.165, 1.54) is 5.56 Å². The largest absolute Gasteiger partial charge is 0.505 e. The van der Waals surface area contributed by atoms with Crippen molar-refractivity contribution >= 4 is 0 Å². The van der Waals surface area contributed by atoms with Gasteiger partial charge in [0.1, 0.15) is 0 Å². The van der Waals surface area contributed by atoms with Crippen molar-refractivity contribution in [3.63, 3.8) is 0 Å². The van der Waals surface area contributed by atoms with E-state index in [0.29, 0.717) is 0 Å². The second-order valence-corrected chi connectivity index (χ2v) is 3.61. The van der Waals surface area contributed by atoms with Gasteiger partial charge in [-0.3, -0.25) is 0 Å². The van der Waals surface area contributed by atoms with Gasteiger partial charge in [0.25, 0.3) is 0 Å². The first-order valence-electron chi connectivity index (χ1n) is 5.01. The van der Waals surface area contributed by atoms with Crippen molar-refractivity contribution in [1.29, 1.82) is 0 Å². The lowest BCUT2D eigenvalue weighted by Gasteiger charge is -2.27. The fourth-order valence-corrected chi connectivity index (χ4v) is 1.48.